The van der Waals surface area contributed by atoms with Crippen molar-refractivity contribution < 1.29 is 4.79 Å². The quantitative estimate of drug-likeness (QED) is 0.488. The number of amides is 1. The molecule has 0 aliphatic carbocycles. The SMILES string of the molecule is CC(C(=O)Nc1cc(Cl)nc(Cl)n1)=C1CNC1. The normalized spacial score (nSPS) is 14.2. The van der Waals surface area contributed by atoms with E-state index in [0.717, 1.165) is 18.7 Å². The average Bonchev–Trinajstić information content (AvgIpc) is 2.12. The van der Waals surface area contributed by atoms with Gasteiger partial charge in [-0.25, -0.2) is 9.97 Å². The number of carbonyl (C=O) groups excluding carboxylic acids is 1. The van der Waals surface area contributed by atoms with Crippen LogP contribution in [0, 0.1) is 0 Å². The summed E-state index contributed by atoms with van der Waals surface area (Å²) in [6.45, 7) is 3.28. The van der Waals surface area contributed by atoms with Gasteiger partial charge in [-0.15, -0.1) is 0 Å². The lowest BCUT2D eigenvalue weighted by Crippen LogP contribution is -2.36. The second kappa shape index (κ2) is 5.00. The average molecular weight is 273 g/mol. The Morgan fingerprint density at radius 1 is 1.41 bits per heavy atom. The Labute approximate surface area is 108 Å². The first kappa shape index (κ1) is 12.3. The maximum atomic E-state index is 11.8. The van der Waals surface area contributed by atoms with Crippen molar-refractivity contribution >= 4 is 34.9 Å². The van der Waals surface area contributed by atoms with Gasteiger partial charge in [0.15, 0.2) is 0 Å². The number of nitrogens with one attached hydrogen (secondary N) is 2. The maximum Gasteiger partial charge on any atom is 0.252 e. The van der Waals surface area contributed by atoms with E-state index in [1.54, 1.807) is 6.92 Å². The molecule has 0 bridgehead atoms. The van der Waals surface area contributed by atoms with Gasteiger partial charge < -0.3 is 10.6 Å². The lowest BCUT2D eigenvalue weighted by molar-refractivity contribution is -0.112. The molecule has 2 heterocycles. The van der Waals surface area contributed by atoms with Crippen LogP contribution in [0.2, 0.25) is 10.4 Å². The predicted octanol–water partition coefficient (Wildman–Crippen LogP) is 1.64. The van der Waals surface area contributed by atoms with Crippen molar-refractivity contribution in [3.05, 3.63) is 27.6 Å². The van der Waals surface area contributed by atoms with Crippen LogP contribution in [-0.2, 0) is 4.79 Å². The minimum Gasteiger partial charge on any atom is -0.309 e. The number of hydrogen-bond donors (Lipinski definition) is 2. The van der Waals surface area contributed by atoms with Gasteiger partial charge in [0, 0.05) is 24.7 Å². The minimum atomic E-state index is -0.202. The van der Waals surface area contributed by atoms with E-state index in [4.69, 9.17) is 23.2 Å². The van der Waals surface area contributed by atoms with E-state index < -0.39 is 0 Å². The van der Waals surface area contributed by atoms with Crippen LogP contribution in [0.1, 0.15) is 6.92 Å². The fourth-order valence-corrected chi connectivity index (χ4v) is 1.75. The molecule has 0 spiro atoms. The summed E-state index contributed by atoms with van der Waals surface area (Å²) < 4.78 is 0. The predicted molar refractivity (Wildman–Crippen MR) is 66.3 cm³/mol. The lowest BCUT2D eigenvalue weighted by atomic mass is 10.0. The fourth-order valence-electron chi connectivity index (χ4n) is 1.34. The Morgan fingerprint density at radius 2 is 2.12 bits per heavy atom. The maximum absolute atomic E-state index is 11.8. The second-order valence-electron chi connectivity index (χ2n) is 3.63. The van der Waals surface area contributed by atoms with Crippen LogP contribution in [0.15, 0.2) is 17.2 Å². The minimum absolute atomic E-state index is 0.00316. The van der Waals surface area contributed by atoms with Crippen molar-refractivity contribution in [1.29, 1.82) is 0 Å². The summed E-state index contributed by atoms with van der Waals surface area (Å²) in [5.41, 5.74) is 1.78. The van der Waals surface area contributed by atoms with Gasteiger partial charge in [-0.2, -0.15) is 0 Å². The van der Waals surface area contributed by atoms with E-state index >= 15 is 0 Å². The molecule has 1 aliphatic rings. The second-order valence-corrected chi connectivity index (χ2v) is 4.36. The van der Waals surface area contributed by atoms with Crippen LogP contribution in [0.4, 0.5) is 5.82 Å². The molecular formula is C10H10Cl2N4O. The summed E-state index contributed by atoms with van der Waals surface area (Å²) in [6, 6.07) is 1.45. The molecule has 0 radical (unpaired) electrons. The first-order valence-corrected chi connectivity index (χ1v) is 5.72. The van der Waals surface area contributed by atoms with E-state index in [1.807, 2.05) is 0 Å². The number of hydrogen-bond acceptors (Lipinski definition) is 4. The molecule has 90 valence electrons. The Balaban J connectivity index is 2.12. The van der Waals surface area contributed by atoms with Crippen molar-refractivity contribution in [2.75, 3.05) is 18.4 Å². The molecule has 5 nitrogen and oxygen atoms in total. The van der Waals surface area contributed by atoms with Crippen molar-refractivity contribution in [2.24, 2.45) is 0 Å². The van der Waals surface area contributed by atoms with E-state index in [1.165, 1.54) is 6.07 Å². The number of halogens is 2. The Morgan fingerprint density at radius 3 is 2.65 bits per heavy atom. The molecule has 17 heavy (non-hydrogen) atoms. The molecule has 1 saturated heterocycles. The van der Waals surface area contributed by atoms with Gasteiger partial charge in [-0.05, 0) is 24.1 Å². The highest BCUT2D eigenvalue weighted by Crippen LogP contribution is 2.16. The van der Waals surface area contributed by atoms with Crippen molar-refractivity contribution in [2.45, 2.75) is 6.92 Å². The smallest absolute Gasteiger partial charge is 0.252 e. The molecule has 1 aromatic heterocycles. The van der Waals surface area contributed by atoms with Crippen LogP contribution in [0.3, 0.4) is 0 Å². The first-order chi connectivity index (χ1) is 8.06. The zero-order valence-electron chi connectivity index (χ0n) is 9.05. The molecule has 1 aromatic rings. The zero-order valence-corrected chi connectivity index (χ0v) is 10.6. The molecule has 7 heteroatoms. The van der Waals surface area contributed by atoms with Crippen molar-refractivity contribution in [3.63, 3.8) is 0 Å². The van der Waals surface area contributed by atoms with Crippen molar-refractivity contribution in [1.82, 2.24) is 15.3 Å². The topological polar surface area (TPSA) is 66.9 Å². The highest BCUT2D eigenvalue weighted by molar-refractivity contribution is 6.32. The van der Waals surface area contributed by atoms with Gasteiger partial charge in [0.1, 0.15) is 11.0 Å². The largest absolute Gasteiger partial charge is 0.309 e. The van der Waals surface area contributed by atoms with E-state index in [2.05, 4.69) is 20.6 Å². The highest BCUT2D eigenvalue weighted by atomic mass is 35.5. The summed E-state index contributed by atoms with van der Waals surface area (Å²) in [5.74, 6) is 0.0968. The first-order valence-electron chi connectivity index (χ1n) is 4.97. The molecule has 2 rings (SSSR count). The van der Waals surface area contributed by atoms with E-state index in [-0.39, 0.29) is 16.3 Å². The monoisotopic (exact) mass is 272 g/mol. The summed E-state index contributed by atoms with van der Waals surface area (Å²) in [7, 11) is 0. The number of aromatic nitrogens is 2. The Kier molecular flexibility index (Phi) is 3.61. The molecule has 0 atom stereocenters. The third-order valence-electron chi connectivity index (χ3n) is 2.46. The third kappa shape index (κ3) is 2.94. The summed E-state index contributed by atoms with van der Waals surface area (Å²) >= 11 is 11.3. The summed E-state index contributed by atoms with van der Waals surface area (Å²) in [6.07, 6.45) is 0. The fraction of sp³-hybridized carbons (Fsp3) is 0.300. The van der Waals surface area contributed by atoms with Gasteiger partial charge in [0.2, 0.25) is 5.28 Å². The van der Waals surface area contributed by atoms with Gasteiger partial charge in [-0.3, -0.25) is 4.79 Å². The van der Waals surface area contributed by atoms with E-state index in [0.29, 0.717) is 11.4 Å². The Bertz CT molecular complexity index is 475. The summed E-state index contributed by atoms with van der Waals surface area (Å²) in [4.78, 5) is 19.4. The molecule has 0 aromatic carbocycles. The standard InChI is InChI=1S/C10H10Cl2N4O/c1-5(6-3-13-4-6)9(17)15-8-2-7(11)14-10(12)16-8/h2,13H,3-4H2,1H3,(H,14,15,16,17). The van der Waals surface area contributed by atoms with Crippen LogP contribution in [0.5, 0.6) is 0 Å². The molecule has 1 aliphatic heterocycles. The number of rotatable bonds is 2. The van der Waals surface area contributed by atoms with Gasteiger partial charge >= 0.3 is 0 Å². The zero-order chi connectivity index (χ0) is 12.4. The number of carbonyl (C=O) groups is 1. The third-order valence-corrected chi connectivity index (χ3v) is 2.82. The molecule has 2 N–H and O–H groups in total. The summed E-state index contributed by atoms with van der Waals surface area (Å²) in [5, 5.41) is 5.90. The van der Waals surface area contributed by atoms with Crippen LogP contribution in [-0.4, -0.2) is 29.0 Å². The molecule has 0 saturated carbocycles. The molecule has 0 unspecified atom stereocenters. The highest BCUT2D eigenvalue weighted by Gasteiger charge is 2.16. The number of anilines is 1. The van der Waals surface area contributed by atoms with E-state index in [9.17, 15) is 4.79 Å². The Hall–Kier alpha value is -1.17. The van der Waals surface area contributed by atoms with Gasteiger partial charge in [-0.1, -0.05) is 11.6 Å². The van der Waals surface area contributed by atoms with Crippen LogP contribution >= 0.6 is 23.2 Å². The van der Waals surface area contributed by atoms with Gasteiger partial charge in [0.05, 0.1) is 0 Å². The van der Waals surface area contributed by atoms with Crippen LogP contribution in [0.25, 0.3) is 0 Å². The molecule has 1 amide bonds. The molecule has 1 fully saturated rings. The number of nitrogens with zero attached hydrogens (tertiary/aromatic N) is 2. The van der Waals surface area contributed by atoms with Gasteiger partial charge in [0.25, 0.3) is 5.91 Å². The molecular weight excluding hydrogens is 263 g/mol. The lowest BCUT2D eigenvalue weighted by Gasteiger charge is -2.21. The van der Waals surface area contributed by atoms with Crippen molar-refractivity contribution in [3.8, 4) is 0 Å². The van der Waals surface area contributed by atoms with Crippen LogP contribution < -0.4 is 10.6 Å².